The van der Waals surface area contributed by atoms with E-state index in [0.29, 0.717) is 5.75 Å². The Kier molecular flexibility index (Phi) is 8.62. The highest BCUT2D eigenvalue weighted by molar-refractivity contribution is 8.01. The van der Waals surface area contributed by atoms with Crippen molar-refractivity contribution in [1.29, 1.82) is 0 Å². The molecule has 0 fully saturated rings. The van der Waals surface area contributed by atoms with Crippen LogP contribution in [0.3, 0.4) is 0 Å². The van der Waals surface area contributed by atoms with Gasteiger partial charge in [-0.05, 0) is 12.0 Å². The van der Waals surface area contributed by atoms with Crippen molar-refractivity contribution in [2.45, 2.75) is 43.5 Å². The molecule has 2 rings (SSSR count). The fourth-order valence-electron chi connectivity index (χ4n) is 2.07. The van der Waals surface area contributed by atoms with Crippen LogP contribution >= 0.6 is 23.1 Å². The molecule has 0 saturated carbocycles. The number of hydrogen-bond acceptors (Lipinski definition) is 6. The number of carbonyl (C=O) groups excluding carboxylic acids is 1. The van der Waals surface area contributed by atoms with Gasteiger partial charge in [-0.1, -0.05) is 79.6 Å². The first-order valence-electron chi connectivity index (χ1n) is 8.28. The number of amides is 1. The van der Waals surface area contributed by atoms with E-state index in [4.69, 9.17) is 0 Å². The number of benzene rings is 1. The van der Waals surface area contributed by atoms with E-state index >= 15 is 0 Å². The lowest BCUT2D eigenvalue weighted by atomic mass is 10.2. The Morgan fingerprint density at radius 3 is 2.79 bits per heavy atom. The molecular formula is C17H24N4OS2. The van der Waals surface area contributed by atoms with Gasteiger partial charge in [0.25, 0.3) is 0 Å². The third-order valence-corrected chi connectivity index (χ3v) is 5.39. The summed E-state index contributed by atoms with van der Waals surface area (Å²) in [6, 6.07) is 10.2. The average Bonchev–Trinajstić information content (AvgIpc) is 3.07. The van der Waals surface area contributed by atoms with Crippen LogP contribution in [0, 0.1) is 0 Å². The smallest absolute Gasteiger partial charge is 0.230 e. The zero-order chi connectivity index (χ0) is 17.0. The van der Waals surface area contributed by atoms with Crippen LogP contribution in [0.5, 0.6) is 0 Å². The first kappa shape index (κ1) is 18.7. The summed E-state index contributed by atoms with van der Waals surface area (Å²) in [4.78, 5) is 11.8. The van der Waals surface area contributed by atoms with E-state index in [-0.39, 0.29) is 5.91 Å². The van der Waals surface area contributed by atoms with Crippen molar-refractivity contribution in [2.24, 2.45) is 0 Å². The minimum atomic E-state index is 0.0606. The predicted molar refractivity (Wildman–Crippen MR) is 102 cm³/mol. The van der Waals surface area contributed by atoms with E-state index in [1.54, 1.807) is 0 Å². The molecule has 7 heteroatoms. The standard InChI is InChI=1S/C17H24N4OS2/c1-2-3-4-8-11-18-15(22)13-23-17-21-20-16(24-17)19-12-14-9-6-5-7-10-14/h5-7,9-10H,2-4,8,11-13H2,1H3,(H,18,22)(H,19,20). The number of nitrogens with one attached hydrogen (secondary N) is 2. The van der Waals surface area contributed by atoms with E-state index in [1.807, 2.05) is 18.2 Å². The Morgan fingerprint density at radius 1 is 1.17 bits per heavy atom. The molecule has 0 bridgehead atoms. The highest BCUT2D eigenvalue weighted by Gasteiger charge is 2.07. The van der Waals surface area contributed by atoms with Gasteiger partial charge in [0.15, 0.2) is 4.34 Å². The lowest BCUT2D eigenvalue weighted by Gasteiger charge is -2.03. The summed E-state index contributed by atoms with van der Waals surface area (Å²) in [5.74, 6) is 0.451. The second kappa shape index (κ2) is 11.0. The molecule has 0 unspecified atom stereocenters. The molecule has 2 N–H and O–H groups in total. The first-order chi connectivity index (χ1) is 11.8. The number of nitrogens with zero attached hydrogens (tertiary/aromatic N) is 2. The molecule has 0 atom stereocenters. The highest BCUT2D eigenvalue weighted by atomic mass is 32.2. The third-order valence-electron chi connectivity index (χ3n) is 3.37. The van der Waals surface area contributed by atoms with E-state index < -0.39 is 0 Å². The zero-order valence-electron chi connectivity index (χ0n) is 14.0. The van der Waals surface area contributed by atoms with Crippen LogP contribution in [-0.2, 0) is 11.3 Å². The minimum Gasteiger partial charge on any atom is -0.356 e. The van der Waals surface area contributed by atoms with Crippen molar-refractivity contribution >= 4 is 34.1 Å². The van der Waals surface area contributed by atoms with Crippen molar-refractivity contribution < 1.29 is 4.79 Å². The average molecular weight is 365 g/mol. The SMILES string of the molecule is CCCCCCNC(=O)CSc1nnc(NCc2ccccc2)s1. The summed E-state index contributed by atoms with van der Waals surface area (Å²) in [5.41, 5.74) is 1.20. The maximum Gasteiger partial charge on any atom is 0.230 e. The van der Waals surface area contributed by atoms with Crippen LogP contribution in [0.1, 0.15) is 38.2 Å². The molecule has 1 aromatic heterocycles. The second-order valence-corrected chi connectivity index (χ2v) is 7.61. The molecular weight excluding hydrogens is 340 g/mol. The third kappa shape index (κ3) is 7.31. The zero-order valence-corrected chi connectivity index (χ0v) is 15.6. The Hall–Kier alpha value is -1.60. The van der Waals surface area contributed by atoms with Crippen LogP contribution in [0.15, 0.2) is 34.7 Å². The Labute approximate surface area is 151 Å². The van der Waals surface area contributed by atoms with E-state index in [9.17, 15) is 4.79 Å². The van der Waals surface area contributed by atoms with Crippen molar-refractivity contribution in [2.75, 3.05) is 17.6 Å². The van der Waals surface area contributed by atoms with Crippen LogP contribution in [-0.4, -0.2) is 28.4 Å². The van der Waals surface area contributed by atoms with E-state index in [0.717, 1.165) is 29.0 Å². The van der Waals surface area contributed by atoms with Crippen LogP contribution in [0.25, 0.3) is 0 Å². The van der Waals surface area contributed by atoms with Gasteiger partial charge in [-0.25, -0.2) is 0 Å². The lowest BCUT2D eigenvalue weighted by molar-refractivity contribution is -0.118. The first-order valence-corrected chi connectivity index (χ1v) is 10.1. The van der Waals surface area contributed by atoms with Gasteiger partial charge in [-0.3, -0.25) is 4.79 Å². The van der Waals surface area contributed by atoms with Gasteiger partial charge in [0.2, 0.25) is 11.0 Å². The number of anilines is 1. The van der Waals surface area contributed by atoms with Gasteiger partial charge in [0.1, 0.15) is 0 Å². The van der Waals surface area contributed by atoms with Crippen LogP contribution in [0.4, 0.5) is 5.13 Å². The lowest BCUT2D eigenvalue weighted by Crippen LogP contribution is -2.26. The molecule has 0 spiro atoms. The molecule has 1 amide bonds. The van der Waals surface area contributed by atoms with Gasteiger partial charge in [-0.15, -0.1) is 10.2 Å². The largest absolute Gasteiger partial charge is 0.356 e. The highest BCUT2D eigenvalue weighted by Crippen LogP contribution is 2.25. The summed E-state index contributed by atoms with van der Waals surface area (Å²) >= 11 is 2.91. The molecule has 0 saturated heterocycles. The van der Waals surface area contributed by atoms with Crippen molar-refractivity contribution in [3.8, 4) is 0 Å². The maximum absolute atomic E-state index is 11.8. The van der Waals surface area contributed by atoms with Crippen molar-refractivity contribution in [3.63, 3.8) is 0 Å². The molecule has 0 aliphatic carbocycles. The fourth-order valence-corrected chi connectivity index (χ4v) is 3.65. The molecule has 130 valence electrons. The monoisotopic (exact) mass is 364 g/mol. The van der Waals surface area contributed by atoms with Gasteiger partial charge in [0, 0.05) is 13.1 Å². The van der Waals surface area contributed by atoms with Crippen LogP contribution in [0.2, 0.25) is 0 Å². The Balaban J connectivity index is 1.63. The Bertz CT molecular complexity index is 604. The predicted octanol–water partition coefficient (Wildman–Crippen LogP) is 3.94. The van der Waals surface area contributed by atoms with E-state index in [1.165, 1.54) is 47.9 Å². The summed E-state index contributed by atoms with van der Waals surface area (Å²) in [6.45, 7) is 3.66. The second-order valence-electron chi connectivity index (χ2n) is 5.41. The van der Waals surface area contributed by atoms with Crippen LogP contribution < -0.4 is 10.6 Å². The van der Waals surface area contributed by atoms with Gasteiger partial charge in [-0.2, -0.15) is 0 Å². The molecule has 1 heterocycles. The summed E-state index contributed by atoms with van der Waals surface area (Å²) in [7, 11) is 0. The quantitative estimate of drug-likeness (QED) is 0.467. The molecule has 0 aliphatic rings. The molecule has 5 nitrogen and oxygen atoms in total. The normalized spacial score (nSPS) is 10.5. The summed E-state index contributed by atoms with van der Waals surface area (Å²) in [6.07, 6.45) is 4.67. The Morgan fingerprint density at radius 2 is 2.00 bits per heavy atom. The molecule has 2 aromatic rings. The number of aromatic nitrogens is 2. The molecule has 24 heavy (non-hydrogen) atoms. The fraction of sp³-hybridized carbons (Fsp3) is 0.471. The molecule has 0 aliphatic heterocycles. The van der Waals surface area contributed by atoms with Crippen molar-refractivity contribution in [1.82, 2.24) is 15.5 Å². The number of thioether (sulfide) groups is 1. The van der Waals surface area contributed by atoms with E-state index in [2.05, 4.69) is 39.9 Å². The number of carbonyl (C=O) groups is 1. The maximum atomic E-state index is 11.8. The molecule has 0 radical (unpaired) electrons. The van der Waals surface area contributed by atoms with Crippen molar-refractivity contribution in [3.05, 3.63) is 35.9 Å². The number of hydrogen-bond donors (Lipinski definition) is 2. The van der Waals surface area contributed by atoms with Gasteiger partial charge < -0.3 is 10.6 Å². The summed E-state index contributed by atoms with van der Waals surface area (Å²) in [5, 5.41) is 15.2. The molecule has 1 aromatic carbocycles. The van der Waals surface area contributed by atoms with Gasteiger partial charge in [0.05, 0.1) is 5.75 Å². The minimum absolute atomic E-state index is 0.0606. The summed E-state index contributed by atoms with van der Waals surface area (Å²) < 4.78 is 0.812. The number of unbranched alkanes of at least 4 members (excludes halogenated alkanes) is 3. The van der Waals surface area contributed by atoms with Gasteiger partial charge >= 0.3 is 0 Å². The topological polar surface area (TPSA) is 66.9 Å². The number of rotatable bonds is 11.